The first kappa shape index (κ1) is 16.2. The summed E-state index contributed by atoms with van der Waals surface area (Å²) in [6.07, 6.45) is 5.03. The van der Waals surface area contributed by atoms with E-state index in [-0.39, 0.29) is 0 Å². The van der Waals surface area contributed by atoms with Crippen molar-refractivity contribution in [2.45, 2.75) is 0 Å². The Bertz CT molecular complexity index is 523. The zero-order valence-electron chi connectivity index (χ0n) is 10.6. The number of halogens is 1. The van der Waals surface area contributed by atoms with Crippen molar-refractivity contribution in [1.29, 1.82) is 0 Å². The number of benzene rings is 1. The Hall–Kier alpha value is -1.85. The van der Waals surface area contributed by atoms with Gasteiger partial charge in [-0.25, -0.2) is 9.97 Å². The van der Waals surface area contributed by atoms with Gasteiger partial charge in [0.1, 0.15) is 0 Å². The van der Waals surface area contributed by atoms with Gasteiger partial charge in [0.15, 0.2) is 0 Å². The monoisotopic (exact) mass is 308 g/mol. The Kier molecular flexibility index (Phi) is 8.10. The lowest BCUT2D eigenvalue weighted by atomic mass is 10.2. The van der Waals surface area contributed by atoms with Gasteiger partial charge in [-0.1, -0.05) is 36.4 Å². The summed E-state index contributed by atoms with van der Waals surface area (Å²) in [5, 5.41) is -0.407. The summed E-state index contributed by atoms with van der Waals surface area (Å²) in [6.45, 7) is 3.55. The van der Waals surface area contributed by atoms with Crippen molar-refractivity contribution < 1.29 is 8.98 Å². The smallest absolute Gasteiger partial charge is 0.328 e. The van der Waals surface area contributed by atoms with Gasteiger partial charge in [0, 0.05) is 23.7 Å². The molecule has 1 aromatic carbocycles. The molecule has 0 atom stereocenters. The van der Waals surface area contributed by atoms with Crippen LogP contribution in [0, 0.1) is 0 Å². The molecular formula is C14H13ClN2O2S. The van der Waals surface area contributed by atoms with Gasteiger partial charge >= 0.3 is 6.01 Å². The molecule has 0 saturated carbocycles. The fourth-order valence-corrected chi connectivity index (χ4v) is 1.51. The Balaban J connectivity index is 0.000000204. The number of nitrogens with zero attached hydrogens (tertiary/aromatic N) is 2. The predicted molar refractivity (Wildman–Crippen MR) is 81.9 cm³/mol. The lowest BCUT2D eigenvalue weighted by Gasteiger charge is -1.96. The van der Waals surface area contributed by atoms with Crippen LogP contribution in [0.5, 0.6) is 6.01 Å². The van der Waals surface area contributed by atoms with E-state index in [0.29, 0.717) is 11.6 Å². The van der Waals surface area contributed by atoms with E-state index in [2.05, 4.69) is 16.5 Å². The molecule has 1 heterocycles. The fourth-order valence-electron chi connectivity index (χ4n) is 1.03. The molecule has 2 rings (SSSR count). The maximum Gasteiger partial charge on any atom is 0.328 e. The van der Waals surface area contributed by atoms with Crippen molar-refractivity contribution in [2.75, 3.05) is 5.75 Å². The van der Waals surface area contributed by atoms with Gasteiger partial charge in [-0.15, -0.1) is 6.58 Å². The van der Waals surface area contributed by atoms with E-state index in [1.165, 1.54) is 12.0 Å². The number of aromatic nitrogens is 2. The second-order valence-electron chi connectivity index (χ2n) is 3.33. The molecule has 20 heavy (non-hydrogen) atoms. The molecule has 1 aromatic heterocycles. The highest BCUT2D eigenvalue weighted by molar-refractivity contribution is 7.95. The lowest BCUT2D eigenvalue weighted by molar-refractivity contribution is 0.108. The SMILES string of the molecule is C=CCSOc1ncccn1.O=C(Cl)c1ccccc1. The standard InChI is InChI=1S/C7H5ClO.C7H8N2OS/c8-7(9)6-4-2-1-3-5-6;1-2-6-11-10-7-8-4-3-5-9-7/h1-5H;2-5H,1,6H2. The molecule has 0 bridgehead atoms. The van der Waals surface area contributed by atoms with Crippen molar-refractivity contribution in [1.82, 2.24) is 9.97 Å². The molecule has 0 fully saturated rings. The van der Waals surface area contributed by atoms with Crippen LogP contribution in [-0.2, 0) is 0 Å². The minimum Gasteiger partial charge on any atom is -0.389 e. The summed E-state index contributed by atoms with van der Waals surface area (Å²) in [7, 11) is 0. The van der Waals surface area contributed by atoms with Crippen LogP contribution in [0.15, 0.2) is 61.4 Å². The first-order valence-corrected chi connectivity index (χ1v) is 6.95. The van der Waals surface area contributed by atoms with Crippen LogP contribution in [0.4, 0.5) is 0 Å². The average molecular weight is 309 g/mol. The molecule has 0 N–H and O–H groups in total. The molecule has 0 aliphatic heterocycles. The third-order valence-electron chi connectivity index (χ3n) is 1.86. The summed E-state index contributed by atoms with van der Waals surface area (Å²) < 4.78 is 5.07. The van der Waals surface area contributed by atoms with Gasteiger partial charge in [-0.2, -0.15) is 0 Å². The van der Waals surface area contributed by atoms with Crippen LogP contribution in [0.2, 0.25) is 0 Å². The van der Waals surface area contributed by atoms with Gasteiger partial charge in [0.2, 0.25) is 0 Å². The van der Waals surface area contributed by atoms with Crippen molar-refractivity contribution in [3.8, 4) is 6.01 Å². The zero-order chi connectivity index (χ0) is 14.6. The van der Waals surface area contributed by atoms with Gasteiger partial charge in [-0.3, -0.25) is 4.79 Å². The quantitative estimate of drug-likeness (QED) is 0.364. The molecule has 0 aliphatic carbocycles. The summed E-state index contributed by atoms with van der Waals surface area (Å²) >= 11 is 6.43. The normalized spacial score (nSPS) is 9.05. The van der Waals surface area contributed by atoms with Crippen molar-refractivity contribution in [3.05, 3.63) is 67.0 Å². The van der Waals surface area contributed by atoms with E-state index < -0.39 is 5.24 Å². The van der Waals surface area contributed by atoms with Gasteiger partial charge in [-0.05, 0) is 17.7 Å². The number of rotatable bonds is 5. The Labute approximate surface area is 127 Å². The third kappa shape index (κ3) is 6.92. The highest BCUT2D eigenvalue weighted by Gasteiger charge is 1.96. The van der Waals surface area contributed by atoms with E-state index >= 15 is 0 Å². The van der Waals surface area contributed by atoms with Crippen molar-refractivity contribution in [3.63, 3.8) is 0 Å². The molecule has 0 radical (unpaired) electrons. The molecule has 104 valence electrons. The first-order valence-electron chi connectivity index (χ1n) is 5.66. The molecule has 0 spiro atoms. The van der Waals surface area contributed by atoms with Crippen molar-refractivity contribution >= 4 is 28.9 Å². The van der Waals surface area contributed by atoms with Crippen LogP contribution < -0.4 is 4.18 Å². The van der Waals surface area contributed by atoms with Crippen molar-refractivity contribution in [2.24, 2.45) is 0 Å². The second-order valence-corrected chi connectivity index (χ2v) is 4.41. The van der Waals surface area contributed by atoms with Crippen LogP contribution in [0.1, 0.15) is 10.4 Å². The van der Waals surface area contributed by atoms with Gasteiger partial charge in [0.25, 0.3) is 5.24 Å². The predicted octanol–water partition coefficient (Wildman–Crippen LogP) is 3.76. The summed E-state index contributed by atoms with van der Waals surface area (Å²) in [5.74, 6) is 0.734. The van der Waals surface area contributed by atoms with Gasteiger partial charge in [0.05, 0.1) is 12.0 Å². The maximum absolute atomic E-state index is 10.4. The van der Waals surface area contributed by atoms with Gasteiger partial charge < -0.3 is 4.18 Å². The Morgan fingerprint density at radius 1 is 1.25 bits per heavy atom. The maximum atomic E-state index is 10.4. The van der Waals surface area contributed by atoms with Crippen LogP contribution >= 0.6 is 23.6 Å². The van der Waals surface area contributed by atoms with Crippen LogP contribution in [0.25, 0.3) is 0 Å². The molecule has 2 aromatic rings. The molecule has 4 nitrogen and oxygen atoms in total. The Morgan fingerprint density at radius 2 is 1.90 bits per heavy atom. The molecule has 0 aliphatic rings. The van der Waals surface area contributed by atoms with E-state index in [1.54, 1.807) is 48.8 Å². The topological polar surface area (TPSA) is 52.1 Å². The summed E-state index contributed by atoms with van der Waals surface area (Å²) in [6, 6.07) is 10.9. The third-order valence-corrected chi connectivity index (χ3v) is 2.72. The molecule has 0 unspecified atom stereocenters. The Morgan fingerprint density at radius 3 is 2.40 bits per heavy atom. The lowest BCUT2D eigenvalue weighted by Crippen LogP contribution is -1.88. The summed E-state index contributed by atoms with van der Waals surface area (Å²) in [4.78, 5) is 18.1. The van der Waals surface area contributed by atoms with E-state index in [9.17, 15) is 4.79 Å². The number of carbonyl (C=O) groups excluding carboxylic acids is 1. The molecule has 6 heteroatoms. The van der Waals surface area contributed by atoms with E-state index in [0.717, 1.165) is 5.75 Å². The largest absolute Gasteiger partial charge is 0.389 e. The first-order chi connectivity index (χ1) is 9.74. The number of hydrogen-bond donors (Lipinski definition) is 0. The molecule has 0 amide bonds. The van der Waals surface area contributed by atoms with Crippen LogP contribution in [-0.4, -0.2) is 21.0 Å². The molecular weight excluding hydrogens is 296 g/mol. The number of hydrogen-bond acceptors (Lipinski definition) is 5. The van der Waals surface area contributed by atoms with Crippen LogP contribution in [0.3, 0.4) is 0 Å². The molecule has 0 saturated heterocycles. The summed E-state index contributed by atoms with van der Waals surface area (Å²) in [5.41, 5.74) is 0.541. The van der Waals surface area contributed by atoms with E-state index in [1.807, 2.05) is 6.07 Å². The van der Waals surface area contributed by atoms with E-state index in [4.69, 9.17) is 15.8 Å². The number of carbonyl (C=O) groups is 1. The second kappa shape index (κ2) is 10.00. The fraction of sp³-hybridized carbons (Fsp3) is 0.0714. The zero-order valence-corrected chi connectivity index (χ0v) is 12.2. The minimum atomic E-state index is -0.407. The highest BCUT2D eigenvalue weighted by atomic mass is 35.5. The average Bonchev–Trinajstić information content (AvgIpc) is 2.50. The highest BCUT2D eigenvalue weighted by Crippen LogP contribution is 2.07. The minimum absolute atomic E-state index is 0.388.